The summed E-state index contributed by atoms with van der Waals surface area (Å²) in [5.74, 6) is 0. The van der Waals surface area contributed by atoms with Crippen molar-refractivity contribution in [3.63, 3.8) is 0 Å². The van der Waals surface area contributed by atoms with E-state index in [1.807, 2.05) is 18.2 Å². The van der Waals surface area contributed by atoms with Gasteiger partial charge >= 0.3 is 0 Å². The second-order valence-electron chi connectivity index (χ2n) is 2.98. The highest BCUT2D eigenvalue weighted by Crippen LogP contribution is 2.10. The third-order valence-electron chi connectivity index (χ3n) is 1.93. The topological polar surface area (TPSA) is 61.8 Å². The maximum Gasteiger partial charge on any atom is 0.0833 e. The third kappa shape index (κ3) is 1.80. The largest absolute Gasteiger partial charge is 0.396 e. The van der Waals surface area contributed by atoms with Gasteiger partial charge < -0.3 is 5.11 Å². The quantitative estimate of drug-likeness (QED) is 0.766. The van der Waals surface area contributed by atoms with E-state index in [2.05, 4.69) is 15.2 Å². The van der Waals surface area contributed by atoms with E-state index in [9.17, 15) is 0 Å². The zero-order valence-electron chi connectivity index (χ0n) is 7.64. The van der Waals surface area contributed by atoms with E-state index >= 15 is 0 Å². The van der Waals surface area contributed by atoms with Crippen molar-refractivity contribution in [2.45, 2.75) is 6.42 Å². The van der Waals surface area contributed by atoms with Crippen LogP contribution in [0.2, 0.25) is 0 Å². The van der Waals surface area contributed by atoms with E-state index < -0.39 is 0 Å². The molecule has 72 valence electrons. The smallest absolute Gasteiger partial charge is 0.0833 e. The Morgan fingerprint density at radius 2 is 2.36 bits per heavy atom. The lowest BCUT2D eigenvalue weighted by Crippen LogP contribution is -1.81. The first-order valence-corrected chi connectivity index (χ1v) is 4.46. The van der Waals surface area contributed by atoms with Crippen molar-refractivity contribution in [2.24, 2.45) is 0 Å². The van der Waals surface area contributed by atoms with Gasteiger partial charge in [0.15, 0.2) is 0 Å². The first kappa shape index (κ1) is 8.90. The van der Waals surface area contributed by atoms with E-state index in [4.69, 9.17) is 5.11 Å². The molecule has 2 heterocycles. The molecule has 0 radical (unpaired) electrons. The Bertz CT molecular complexity index is 447. The number of aromatic nitrogens is 3. The predicted molar refractivity (Wildman–Crippen MR) is 54.6 cm³/mol. The SMILES string of the molecule is OCCC=Cc1cc2cn[nH]c2cn1. The summed E-state index contributed by atoms with van der Waals surface area (Å²) in [7, 11) is 0. The monoisotopic (exact) mass is 189 g/mol. The minimum Gasteiger partial charge on any atom is -0.396 e. The van der Waals surface area contributed by atoms with Gasteiger partial charge in [-0.2, -0.15) is 5.10 Å². The maximum atomic E-state index is 8.60. The summed E-state index contributed by atoms with van der Waals surface area (Å²) in [5, 5.41) is 16.4. The average Bonchev–Trinajstić information content (AvgIpc) is 2.65. The average molecular weight is 189 g/mol. The molecule has 2 aromatic rings. The van der Waals surface area contributed by atoms with Gasteiger partial charge in [-0.25, -0.2) is 0 Å². The lowest BCUT2D eigenvalue weighted by atomic mass is 10.2. The summed E-state index contributed by atoms with van der Waals surface area (Å²) in [6.45, 7) is 0.171. The lowest BCUT2D eigenvalue weighted by molar-refractivity contribution is 0.303. The van der Waals surface area contributed by atoms with Gasteiger partial charge in [-0.05, 0) is 18.6 Å². The van der Waals surface area contributed by atoms with Crippen LogP contribution >= 0.6 is 0 Å². The van der Waals surface area contributed by atoms with Gasteiger partial charge in [0.25, 0.3) is 0 Å². The van der Waals surface area contributed by atoms with Gasteiger partial charge in [-0.3, -0.25) is 10.1 Å². The molecule has 0 unspecified atom stereocenters. The first-order valence-electron chi connectivity index (χ1n) is 4.46. The van der Waals surface area contributed by atoms with Crippen LogP contribution in [0.4, 0.5) is 0 Å². The zero-order chi connectivity index (χ0) is 9.80. The Kier molecular flexibility index (Phi) is 2.55. The second-order valence-corrected chi connectivity index (χ2v) is 2.98. The summed E-state index contributed by atoms with van der Waals surface area (Å²) in [5.41, 5.74) is 1.82. The minimum atomic E-state index is 0.171. The number of aromatic amines is 1. The summed E-state index contributed by atoms with van der Waals surface area (Å²) >= 11 is 0. The molecule has 0 amide bonds. The number of aliphatic hydroxyl groups is 1. The molecule has 14 heavy (non-hydrogen) atoms. The highest BCUT2D eigenvalue weighted by atomic mass is 16.2. The molecule has 0 aliphatic rings. The molecule has 2 rings (SSSR count). The number of fused-ring (bicyclic) bond motifs is 1. The number of nitrogens with zero attached hydrogens (tertiary/aromatic N) is 2. The Hall–Kier alpha value is -1.68. The van der Waals surface area contributed by atoms with Crippen LogP contribution in [0.25, 0.3) is 17.0 Å². The summed E-state index contributed by atoms with van der Waals surface area (Å²) < 4.78 is 0. The van der Waals surface area contributed by atoms with Crippen molar-refractivity contribution < 1.29 is 5.11 Å². The second kappa shape index (κ2) is 4.02. The van der Waals surface area contributed by atoms with E-state index in [1.165, 1.54) is 0 Å². The molecule has 0 aliphatic carbocycles. The summed E-state index contributed by atoms with van der Waals surface area (Å²) in [6, 6.07) is 1.95. The lowest BCUT2D eigenvalue weighted by Gasteiger charge is -1.92. The minimum absolute atomic E-state index is 0.171. The fourth-order valence-electron chi connectivity index (χ4n) is 1.23. The van der Waals surface area contributed by atoms with Gasteiger partial charge in [0.1, 0.15) is 0 Å². The van der Waals surface area contributed by atoms with Crippen molar-refractivity contribution >= 4 is 17.0 Å². The van der Waals surface area contributed by atoms with Crippen LogP contribution in [-0.2, 0) is 0 Å². The standard InChI is InChI=1S/C10H11N3O/c14-4-2-1-3-9-5-8-6-12-13-10(8)7-11-9/h1,3,5-7,14H,2,4H2,(H,12,13). The molecule has 0 aromatic carbocycles. The Labute approximate surface area is 81.3 Å². The molecule has 4 heteroatoms. The molecular formula is C10H11N3O. The molecule has 2 N–H and O–H groups in total. The number of hydrogen-bond acceptors (Lipinski definition) is 3. The normalized spacial score (nSPS) is 11.5. The zero-order valence-corrected chi connectivity index (χ0v) is 7.64. The van der Waals surface area contributed by atoms with E-state index in [0.717, 1.165) is 16.6 Å². The van der Waals surface area contributed by atoms with Gasteiger partial charge in [0, 0.05) is 12.0 Å². The Morgan fingerprint density at radius 1 is 1.43 bits per heavy atom. The van der Waals surface area contributed by atoms with Crippen molar-refractivity contribution in [1.29, 1.82) is 0 Å². The summed E-state index contributed by atoms with van der Waals surface area (Å²) in [6.07, 6.45) is 7.96. The highest BCUT2D eigenvalue weighted by molar-refractivity contribution is 5.78. The number of pyridine rings is 1. The molecule has 0 fully saturated rings. The molecule has 2 aromatic heterocycles. The van der Waals surface area contributed by atoms with Crippen LogP contribution in [-0.4, -0.2) is 26.9 Å². The number of nitrogens with one attached hydrogen (secondary N) is 1. The van der Waals surface area contributed by atoms with Crippen LogP contribution in [0.3, 0.4) is 0 Å². The van der Waals surface area contributed by atoms with Crippen molar-refractivity contribution in [3.8, 4) is 0 Å². The molecule has 0 aliphatic heterocycles. The first-order chi connectivity index (χ1) is 6.90. The Morgan fingerprint density at radius 3 is 3.21 bits per heavy atom. The van der Waals surface area contributed by atoms with Crippen LogP contribution in [0.15, 0.2) is 24.5 Å². The van der Waals surface area contributed by atoms with Crippen molar-refractivity contribution in [1.82, 2.24) is 15.2 Å². The van der Waals surface area contributed by atoms with E-state index in [0.29, 0.717) is 6.42 Å². The van der Waals surface area contributed by atoms with Crippen LogP contribution < -0.4 is 0 Å². The highest BCUT2D eigenvalue weighted by Gasteiger charge is 1.95. The van der Waals surface area contributed by atoms with Crippen LogP contribution in [0.5, 0.6) is 0 Å². The number of rotatable bonds is 3. The fourth-order valence-corrected chi connectivity index (χ4v) is 1.23. The van der Waals surface area contributed by atoms with Crippen LogP contribution in [0.1, 0.15) is 12.1 Å². The Balaban J connectivity index is 2.25. The van der Waals surface area contributed by atoms with Crippen LogP contribution in [0, 0.1) is 0 Å². The van der Waals surface area contributed by atoms with E-state index in [1.54, 1.807) is 12.4 Å². The number of H-pyrrole nitrogens is 1. The number of aliphatic hydroxyl groups excluding tert-OH is 1. The van der Waals surface area contributed by atoms with Gasteiger partial charge in [-0.1, -0.05) is 6.08 Å². The maximum absolute atomic E-state index is 8.60. The van der Waals surface area contributed by atoms with Gasteiger partial charge in [-0.15, -0.1) is 0 Å². The molecular weight excluding hydrogens is 178 g/mol. The van der Waals surface area contributed by atoms with Gasteiger partial charge in [0.2, 0.25) is 0 Å². The van der Waals surface area contributed by atoms with Crippen molar-refractivity contribution in [2.75, 3.05) is 6.61 Å². The number of hydrogen-bond donors (Lipinski definition) is 2. The molecule has 0 saturated carbocycles. The predicted octanol–water partition coefficient (Wildman–Crippen LogP) is 1.35. The molecule has 0 spiro atoms. The van der Waals surface area contributed by atoms with Crippen molar-refractivity contribution in [3.05, 3.63) is 30.2 Å². The van der Waals surface area contributed by atoms with E-state index in [-0.39, 0.29) is 6.61 Å². The van der Waals surface area contributed by atoms with Gasteiger partial charge in [0.05, 0.1) is 23.6 Å². The molecule has 0 saturated heterocycles. The molecule has 4 nitrogen and oxygen atoms in total. The molecule has 0 atom stereocenters. The fraction of sp³-hybridized carbons (Fsp3) is 0.200. The summed E-state index contributed by atoms with van der Waals surface area (Å²) in [4.78, 5) is 4.21. The molecule has 0 bridgehead atoms. The third-order valence-corrected chi connectivity index (χ3v) is 1.93.